The molecule has 0 aromatic rings. The van der Waals surface area contributed by atoms with Gasteiger partial charge in [-0.15, -0.1) is 0 Å². The van der Waals surface area contributed by atoms with Crippen molar-refractivity contribution in [3.8, 4) is 0 Å². The molecule has 0 aromatic carbocycles. The van der Waals surface area contributed by atoms with E-state index in [2.05, 4.69) is 29.5 Å². The van der Waals surface area contributed by atoms with Crippen LogP contribution < -0.4 is 0 Å². The van der Waals surface area contributed by atoms with Gasteiger partial charge in [0, 0.05) is 0 Å². The van der Waals surface area contributed by atoms with Crippen molar-refractivity contribution in [2.45, 2.75) is 54.1 Å². The summed E-state index contributed by atoms with van der Waals surface area (Å²) < 4.78 is 3.97. The van der Waals surface area contributed by atoms with E-state index >= 15 is 0 Å². The van der Waals surface area contributed by atoms with Crippen LogP contribution in [0.4, 0.5) is 0 Å². The molecule has 0 radical (unpaired) electrons. The zero-order chi connectivity index (χ0) is 8.64. The summed E-state index contributed by atoms with van der Waals surface area (Å²) in [6, 6.07) is 0. The predicted octanol–water partition coefficient (Wildman–Crippen LogP) is 4.57. The fourth-order valence-corrected chi connectivity index (χ4v) is 103. The second-order valence-electron chi connectivity index (χ2n) is 10.4. The summed E-state index contributed by atoms with van der Waals surface area (Å²) in [6.45, 7) is 0.160. The van der Waals surface area contributed by atoms with Crippen molar-refractivity contribution >= 4 is 22.6 Å². The van der Waals surface area contributed by atoms with Gasteiger partial charge in [-0.05, 0) is 0 Å². The van der Waals surface area contributed by atoms with E-state index in [4.69, 9.17) is 0 Å². The molecule has 0 saturated carbocycles. The Morgan fingerprint density at radius 1 is 1.00 bits per heavy atom. The van der Waals surface area contributed by atoms with Crippen LogP contribution >= 0.6 is 22.6 Å². The summed E-state index contributed by atoms with van der Waals surface area (Å²) in [4.78, 5) is 12.1. The van der Waals surface area contributed by atoms with Crippen LogP contribution in [0.15, 0.2) is 0 Å². The quantitative estimate of drug-likeness (QED) is 0.373. The van der Waals surface area contributed by atoms with Crippen LogP contribution in [0.2, 0.25) is 47.2 Å². The van der Waals surface area contributed by atoms with Gasteiger partial charge in [-0.1, -0.05) is 0 Å². The summed E-state index contributed by atoms with van der Waals surface area (Å²) in [5, 5.41) is 0. The molecule has 0 amide bonds. The Kier molecular flexibility index (Phi) is 0.136. The molecular weight excluding hydrogens is 327 g/mol. The topological polar surface area (TPSA) is 0 Å². The average Bonchev–Trinajstić information content (AvgIpc) is 3.10. The Hall–Kier alpha value is 1.25. The van der Waals surface area contributed by atoms with E-state index in [0.29, 0.717) is 0 Å². The van der Waals surface area contributed by atoms with E-state index in [9.17, 15) is 0 Å². The molecule has 10 fully saturated rings. The van der Waals surface area contributed by atoms with Gasteiger partial charge in [0.25, 0.3) is 0 Å². The van der Waals surface area contributed by atoms with Crippen LogP contribution in [0.25, 0.3) is 0 Å². The van der Waals surface area contributed by atoms with Gasteiger partial charge in [-0.2, -0.15) is 0 Å². The number of rotatable bonds is 1. The van der Waals surface area contributed by atoms with Crippen molar-refractivity contribution in [1.82, 2.24) is 0 Å². The fraction of sp³-hybridized carbons (Fsp3) is 1.00. The van der Waals surface area contributed by atoms with Crippen LogP contribution in [0.3, 0.4) is 0 Å². The normalized spacial score (nSPS) is 148. The number of fused-ring (bicyclic) bond motifs is 10. The minimum atomic E-state index is -2.68. The van der Waals surface area contributed by atoms with E-state index < -0.39 is 6.51 Å². The summed E-state index contributed by atoms with van der Waals surface area (Å²) >= 11 is 2.81. The fourth-order valence-electron chi connectivity index (χ4n) is 18.5. The van der Waals surface area contributed by atoms with Crippen LogP contribution in [-0.4, -0.2) is 4.43 Å². The van der Waals surface area contributed by atoms with Gasteiger partial charge in [-0.25, -0.2) is 0 Å². The van der Waals surface area contributed by atoms with Gasteiger partial charge in [0.1, 0.15) is 0 Å². The first-order chi connectivity index (χ1) is 6.49. The first kappa shape index (κ1) is 5.27. The molecule has 10 rings (SSSR count). The molecule has 76 valence electrons. The molecule has 14 heavy (non-hydrogen) atoms. The maximum atomic E-state index is 2.84. The van der Waals surface area contributed by atoms with Gasteiger partial charge < -0.3 is 0 Å². The molecule has 0 N–H and O–H groups in total. The van der Waals surface area contributed by atoms with Crippen LogP contribution in [0, 0.1) is 0 Å². The summed E-state index contributed by atoms with van der Waals surface area (Å²) in [7, 11) is 0. The Bertz CT molecular complexity index is 921. The predicted molar refractivity (Wildman–Crippen MR) is 59.9 cm³/mol. The number of halogens is 1. The van der Waals surface area contributed by atoms with Gasteiger partial charge in [-0.3, -0.25) is 0 Å². The van der Waals surface area contributed by atoms with Gasteiger partial charge in [0.2, 0.25) is 0 Å². The first-order valence-electron chi connectivity index (χ1n) is 6.26. The third kappa shape index (κ3) is 0.0375. The molecule has 0 bridgehead atoms. The van der Waals surface area contributed by atoms with Crippen molar-refractivity contribution < 1.29 is 6.51 Å². The molecule has 1 spiro atoms. The molecule has 10 aliphatic heterocycles. The molecule has 10 aliphatic rings. The van der Waals surface area contributed by atoms with E-state index in [-0.39, 0.29) is 0 Å². The van der Waals surface area contributed by atoms with Crippen molar-refractivity contribution in [2.24, 2.45) is 0 Å². The molecule has 8 atom stereocenters. The number of alkyl halides is 1. The molecule has 10 heterocycles. The van der Waals surface area contributed by atoms with E-state index in [1.54, 1.807) is 4.43 Å². The Labute approximate surface area is 87.0 Å². The first-order valence-corrected chi connectivity index (χ1v) is 14.0. The van der Waals surface area contributed by atoms with Crippen LogP contribution in [-0.2, 0) is 6.51 Å². The van der Waals surface area contributed by atoms with Crippen molar-refractivity contribution in [1.29, 1.82) is 0 Å². The summed E-state index contributed by atoms with van der Waals surface area (Å²) in [5.41, 5.74) is 0. The molecule has 8 unspecified atom stereocenters. The van der Waals surface area contributed by atoms with Gasteiger partial charge in [0.15, 0.2) is 0 Å². The zero-order valence-corrected chi connectivity index (χ0v) is 11.3. The molecule has 0 aromatic heterocycles. The maximum absolute atomic E-state index is 2.84. The molecule has 0 aliphatic carbocycles. The van der Waals surface area contributed by atoms with Crippen molar-refractivity contribution in [2.75, 3.05) is 4.43 Å². The van der Waals surface area contributed by atoms with E-state index in [0.717, 1.165) is 4.31 Å². The average molecular weight is 340 g/mol. The minimum absolute atomic E-state index is 1.15. The van der Waals surface area contributed by atoms with Crippen molar-refractivity contribution in [3.63, 3.8) is 0 Å². The summed E-state index contributed by atoms with van der Waals surface area (Å²) in [5.74, 6) is 0. The molecule has 2 heteroatoms. The third-order valence-corrected chi connectivity index (χ3v) is 62.8. The second kappa shape index (κ2) is 0.361. The molecule has 10 saturated heterocycles. The van der Waals surface area contributed by atoms with Crippen LogP contribution in [0.1, 0.15) is 6.92 Å². The Morgan fingerprint density at radius 2 is 1.50 bits per heavy atom. The monoisotopic (exact) mass is 340 g/mol. The third-order valence-electron chi connectivity index (χ3n) is 16.0. The SMILES string of the molecule is C[C]12[CH]3[CH]4[CH]5[CH]1[Fe]45321678[CH]2[CH]1[CH]6[C]7(CI)[CH]28. The molecular formula is C12H13FeI. The Balaban J connectivity index is 2.01. The standard InChI is InChI=1S/C6H6I.C6H7.Fe/c7-5-6-3-1-2-4-6;1-6-4-2-3-5-6;/h1-4H,5H2;2-5H,1H3;. The number of hydrogen-bond acceptors (Lipinski definition) is 0. The van der Waals surface area contributed by atoms with Gasteiger partial charge >= 0.3 is 87.6 Å². The number of hydrogen-bond donors (Lipinski definition) is 0. The zero-order valence-electron chi connectivity index (χ0n) is 8.06. The van der Waals surface area contributed by atoms with E-state index in [1.165, 1.54) is 42.8 Å². The van der Waals surface area contributed by atoms with Crippen molar-refractivity contribution in [3.05, 3.63) is 0 Å². The van der Waals surface area contributed by atoms with Crippen LogP contribution in [0.5, 0.6) is 0 Å². The molecule has 0 nitrogen and oxygen atoms in total. The van der Waals surface area contributed by atoms with Gasteiger partial charge in [0.05, 0.1) is 0 Å². The van der Waals surface area contributed by atoms with E-state index in [1.807, 2.05) is 0 Å². The second-order valence-corrected chi connectivity index (χ2v) is 34.8. The Morgan fingerprint density at radius 3 is 1.57 bits per heavy atom. The summed E-state index contributed by atoms with van der Waals surface area (Å²) in [6.07, 6.45) is 0.